The lowest BCUT2D eigenvalue weighted by Gasteiger charge is -2.15. The molecule has 1 atom stereocenters. The van der Waals surface area contributed by atoms with Gasteiger partial charge in [-0.15, -0.1) is 0 Å². The van der Waals surface area contributed by atoms with Crippen LogP contribution in [0.4, 0.5) is 0 Å². The Morgan fingerprint density at radius 3 is 2.79 bits per heavy atom. The van der Waals surface area contributed by atoms with Crippen molar-refractivity contribution in [3.8, 4) is 11.1 Å². The molecule has 8 nitrogen and oxygen atoms in total. The highest BCUT2D eigenvalue weighted by Crippen LogP contribution is 2.26. The molecule has 1 aliphatic rings. The molecule has 0 aliphatic carbocycles. The SMILES string of the molecule is O=C(c1ccc(-c2cn[nH]c2)cn1)N1CCC(c2cc(=O)[nH][nH]2)C1. The van der Waals surface area contributed by atoms with E-state index in [1.165, 1.54) is 0 Å². The molecule has 1 amide bonds. The fraction of sp³-hybridized carbons (Fsp3) is 0.250. The third kappa shape index (κ3) is 2.62. The summed E-state index contributed by atoms with van der Waals surface area (Å²) in [6.45, 7) is 1.24. The van der Waals surface area contributed by atoms with Gasteiger partial charge in [0, 0.05) is 54.3 Å². The lowest BCUT2D eigenvalue weighted by molar-refractivity contribution is 0.0785. The Kier molecular flexibility index (Phi) is 3.49. The molecule has 0 saturated carbocycles. The third-order valence-electron chi connectivity index (χ3n) is 4.35. The van der Waals surface area contributed by atoms with Crippen LogP contribution in [0.25, 0.3) is 11.1 Å². The van der Waals surface area contributed by atoms with E-state index in [0.29, 0.717) is 18.8 Å². The molecule has 0 radical (unpaired) electrons. The number of aromatic nitrogens is 5. The van der Waals surface area contributed by atoms with Gasteiger partial charge in [0.25, 0.3) is 11.5 Å². The van der Waals surface area contributed by atoms with Crippen LogP contribution in [0.1, 0.15) is 28.5 Å². The normalized spacial score (nSPS) is 17.3. The molecule has 24 heavy (non-hydrogen) atoms. The monoisotopic (exact) mass is 324 g/mol. The van der Waals surface area contributed by atoms with Crippen molar-refractivity contribution in [2.24, 2.45) is 0 Å². The van der Waals surface area contributed by atoms with Crippen LogP contribution in [0.5, 0.6) is 0 Å². The molecule has 0 spiro atoms. The van der Waals surface area contributed by atoms with Crippen LogP contribution in [-0.2, 0) is 0 Å². The van der Waals surface area contributed by atoms with Gasteiger partial charge in [-0.1, -0.05) is 6.07 Å². The summed E-state index contributed by atoms with van der Waals surface area (Å²) in [7, 11) is 0. The number of H-pyrrole nitrogens is 3. The molecule has 1 aliphatic heterocycles. The first-order valence-electron chi connectivity index (χ1n) is 7.73. The first-order valence-corrected chi connectivity index (χ1v) is 7.73. The second kappa shape index (κ2) is 5.80. The molecule has 4 heterocycles. The Hall–Kier alpha value is -3.16. The molecule has 8 heteroatoms. The number of likely N-dealkylation sites (tertiary alicyclic amines) is 1. The van der Waals surface area contributed by atoms with E-state index in [2.05, 4.69) is 25.4 Å². The summed E-state index contributed by atoms with van der Waals surface area (Å²) >= 11 is 0. The van der Waals surface area contributed by atoms with E-state index in [1.54, 1.807) is 35.6 Å². The number of nitrogens with one attached hydrogen (secondary N) is 3. The average molecular weight is 324 g/mol. The zero-order valence-corrected chi connectivity index (χ0v) is 12.8. The van der Waals surface area contributed by atoms with E-state index in [0.717, 1.165) is 23.2 Å². The molecular formula is C16H16N6O2. The number of carbonyl (C=O) groups excluding carboxylic acids is 1. The maximum Gasteiger partial charge on any atom is 0.272 e. The summed E-state index contributed by atoms with van der Waals surface area (Å²) in [5.74, 6) is 0.0622. The summed E-state index contributed by atoms with van der Waals surface area (Å²) in [6.07, 6.45) is 5.99. The van der Waals surface area contributed by atoms with Crippen molar-refractivity contribution >= 4 is 5.91 Å². The number of amides is 1. The van der Waals surface area contributed by atoms with E-state index in [4.69, 9.17) is 0 Å². The van der Waals surface area contributed by atoms with Gasteiger partial charge in [-0.05, 0) is 12.5 Å². The third-order valence-corrected chi connectivity index (χ3v) is 4.35. The molecular weight excluding hydrogens is 308 g/mol. The molecule has 0 bridgehead atoms. The Bertz CT molecular complexity index is 893. The Morgan fingerprint density at radius 1 is 1.21 bits per heavy atom. The van der Waals surface area contributed by atoms with Crippen molar-refractivity contribution < 1.29 is 4.79 Å². The molecule has 1 unspecified atom stereocenters. The van der Waals surface area contributed by atoms with Crippen LogP contribution in [0, 0.1) is 0 Å². The van der Waals surface area contributed by atoms with Gasteiger partial charge in [-0.25, -0.2) is 0 Å². The van der Waals surface area contributed by atoms with Gasteiger partial charge in [0.15, 0.2) is 0 Å². The lowest BCUT2D eigenvalue weighted by Crippen LogP contribution is -2.29. The Morgan fingerprint density at radius 2 is 2.12 bits per heavy atom. The zero-order chi connectivity index (χ0) is 16.5. The first kappa shape index (κ1) is 14.4. The van der Waals surface area contributed by atoms with Crippen molar-refractivity contribution in [3.63, 3.8) is 0 Å². The smallest absolute Gasteiger partial charge is 0.272 e. The fourth-order valence-electron chi connectivity index (χ4n) is 3.03. The molecule has 4 rings (SSSR count). The van der Waals surface area contributed by atoms with Crippen molar-refractivity contribution in [2.75, 3.05) is 13.1 Å². The maximum atomic E-state index is 12.6. The predicted octanol–water partition coefficient (Wildman–Crippen LogP) is 1.12. The van der Waals surface area contributed by atoms with Gasteiger partial charge < -0.3 is 10.00 Å². The molecule has 3 N–H and O–H groups in total. The van der Waals surface area contributed by atoms with Gasteiger partial charge in [-0.2, -0.15) is 5.10 Å². The van der Waals surface area contributed by atoms with Crippen molar-refractivity contribution in [3.05, 3.63) is 58.5 Å². The number of carbonyl (C=O) groups is 1. The minimum Gasteiger partial charge on any atom is -0.337 e. The average Bonchev–Trinajstić information content (AvgIpc) is 3.35. The number of hydrogen-bond donors (Lipinski definition) is 3. The Labute approximate surface area is 136 Å². The number of aromatic amines is 3. The summed E-state index contributed by atoms with van der Waals surface area (Å²) in [4.78, 5) is 29.9. The quantitative estimate of drug-likeness (QED) is 0.670. The highest BCUT2D eigenvalue weighted by atomic mass is 16.2. The largest absolute Gasteiger partial charge is 0.337 e. The van der Waals surface area contributed by atoms with Crippen LogP contribution in [0.3, 0.4) is 0 Å². The van der Waals surface area contributed by atoms with Gasteiger partial charge in [0.2, 0.25) is 0 Å². The van der Waals surface area contributed by atoms with Gasteiger partial charge in [-0.3, -0.25) is 24.8 Å². The molecule has 122 valence electrons. The first-order chi connectivity index (χ1) is 11.7. The summed E-state index contributed by atoms with van der Waals surface area (Å²) < 4.78 is 0. The van der Waals surface area contributed by atoms with E-state index in [9.17, 15) is 9.59 Å². The highest BCUT2D eigenvalue weighted by molar-refractivity contribution is 5.92. The number of pyridine rings is 1. The van der Waals surface area contributed by atoms with Crippen LogP contribution < -0.4 is 5.56 Å². The lowest BCUT2D eigenvalue weighted by atomic mass is 10.1. The van der Waals surface area contributed by atoms with Crippen LogP contribution in [-0.4, -0.2) is 49.3 Å². The van der Waals surface area contributed by atoms with Crippen LogP contribution in [0.2, 0.25) is 0 Å². The van der Waals surface area contributed by atoms with Crippen molar-refractivity contribution in [1.29, 1.82) is 0 Å². The second-order valence-electron chi connectivity index (χ2n) is 5.87. The zero-order valence-electron chi connectivity index (χ0n) is 12.8. The van der Waals surface area contributed by atoms with Crippen LogP contribution in [0.15, 0.2) is 41.6 Å². The van der Waals surface area contributed by atoms with E-state index in [1.807, 2.05) is 6.07 Å². The predicted molar refractivity (Wildman–Crippen MR) is 86.5 cm³/mol. The highest BCUT2D eigenvalue weighted by Gasteiger charge is 2.29. The minimum absolute atomic E-state index is 0.0888. The summed E-state index contributed by atoms with van der Waals surface area (Å²) in [6, 6.07) is 5.15. The molecule has 3 aromatic heterocycles. The van der Waals surface area contributed by atoms with E-state index < -0.39 is 0 Å². The second-order valence-corrected chi connectivity index (χ2v) is 5.87. The van der Waals surface area contributed by atoms with Crippen LogP contribution >= 0.6 is 0 Å². The van der Waals surface area contributed by atoms with Gasteiger partial charge >= 0.3 is 0 Å². The van der Waals surface area contributed by atoms with Gasteiger partial charge in [0.1, 0.15) is 5.69 Å². The number of hydrogen-bond acceptors (Lipinski definition) is 4. The van der Waals surface area contributed by atoms with Crippen molar-refractivity contribution in [2.45, 2.75) is 12.3 Å². The molecule has 1 saturated heterocycles. The number of rotatable bonds is 3. The standard InChI is InChI=1S/C16H16N6O2/c23-15-5-14(20-21-15)11-3-4-22(9-11)16(24)13-2-1-10(6-17-13)12-7-18-19-8-12/h1-2,5-8,11H,3-4,9H2,(H,18,19)(H2,20,21,23). The molecule has 3 aromatic rings. The van der Waals surface area contributed by atoms with Crippen molar-refractivity contribution in [1.82, 2.24) is 30.3 Å². The topological polar surface area (TPSA) is 111 Å². The summed E-state index contributed by atoms with van der Waals surface area (Å²) in [5, 5.41) is 12.1. The Balaban J connectivity index is 1.47. The maximum absolute atomic E-state index is 12.6. The molecule has 1 fully saturated rings. The minimum atomic E-state index is -0.147. The summed E-state index contributed by atoms with van der Waals surface area (Å²) in [5.41, 5.74) is 2.96. The van der Waals surface area contributed by atoms with E-state index >= 15 is 0 Å². The van der Waals surface area contributed by atoms with Gasteiger partial charge in [0.05, 0.1) is 6.20 Å². The number of nitrogens with zero attached hydrogens (tertiary/aromatic N) is 3. The molecule has 0 aromatic carbocycles. The fourth-order valence-corrected chi connectivity index (χ4v) is 3.03. The van der Waals surface area contributed by atoms with E-state index in [-0.39, 0.29) is 17.4 Å².